The van der Waals surface area contributed by atoms with Crippen molar-refractivity contribution in [1.29, 1.82) is 0 Å². The molecular weight excluding hydrogens is 368 g/mol. The van der Waals surface area contributed by atoms with Crippen molar-refractivity contribution in [3.05, 3.63) is 54.2 Å². The minimum atomic E-state index is -0.0843. The summed E-state index contributed by atoms with van der Waals surface area (Å²) < 4.78 is 5.17. The molecule has 2 aromatic rings. The van der Waals surface area contributed by atoms with Crippen LogP contribution in [0, 0.1) is 0 Å². The second kappa shape index (κ2) is 9.91. The van der Waals surface area contributed by atoms with Gasteiger partial charge in [0.2, 0.25) is 11.8 Å². The van der Waals surface area contributed by atoms with Gasteiger partial charge in [-0.15, -0.1) is 0 Å². The molecule has 1 fully saturated rings. The van der Waals surface area contributed by atoms with E-state index in [4.69, 9.17) is 4.74 Å². The zero-order valence-electron chi connectivity index (χ0n) is 17.1. The number of hydrogen-bond donors (Lipinski definition) is 0. The highest BCUT2D eigenvalue weighted by Gasteiger charge is 2.24. The Kier molecular flexibility index (Phi) is 7.05. The third kappa shape index (κ3) is 5.70. The van der Waals surface area contributed by atoms with Gasteiger partial charge in [0.15, 0.2) is 0 Å². The lowest BCUT2D eigenvalue weighted by Gasteiger charge is -2.36. The molecule has 2 heterocycles. The normalized spacial score (nSPS) is 13.9. The quantitative estimate of drug-likeness (QED) is 0.714. The molecule has 1 aromatic carbocycles. The van der Waals surface area contributed by atoms with Gasteiger partial charge in [0.05, 0.1) is 13.7 Å². The van der Waals surface area contributed by atoms with E-state index in [1.54, 1.807) is 18.2 Å². The maximum absolute atomic E-state index is 12.7. The number of rotatable bonds is 7. The summed E-state index contributed by atoms with van der Waals surface area (Å²) in [6.07, 6.45) is 2.48. The van der Waals surface area contributed by atoms with Crippen LogP contribution in [-0.2, 0) is 16.0 Å². The molecule has 1 aromatic heterocycles. The molecule has 0 N–H and O–H groups in total. The van der Waals surface area contributed by atoms with Crippen LogP contribution in [0.15, 0.2) is 48.7 Å². The van der Waals surface area contributed by atoms with E-state index in [2.05, 4.69) is 9.88 Å². The molecule has 0 bridgehead atoms. The van der Waals surface area contributed by atoms with E-state index in [1.165, 1.54) is 6.92 Å². The fraction of sp³-hybridized carbons (Fsp3) is 0.409. The Morgan fingerprint density at radius 2 is 1.79 bits per heavy atom. The van der Waals surface area contributed by atoms with Gasteiger partial charge >= 0.3 is 0 Å². The summed E-state index contributed by atoms with van der Waals surface area (Å²) in [7, 11) is 1.63. The fourth-order valence-corrected chi connectivity index (χ4v) is 3.39. The van der Waals surface area contributed by atoms with Gasteiger partial charge < -0.3 is 19.4 Å². The third-order valence-electron chi connectivity index (χ3n) is 5.21. The van der Waals surface area contributed by atoms with Gasteiger partial charge in [0.1, 0.15) is 11.6 Å². The number of benzene rings is 1. The van der Waals surface area contributed by atoms with Crippen LogP contribution in [-0.4, -0.2) is 73.0 Å². The first kappa shape index (κ1) is 20.6. The second-order valence-electron chi connectivity index (χ2n) is 7.09. The van der Waals surface area contributed by atoms with Gasteiger partial charge in [-0.25, -0.2) is 4.98 Å². The first-order chi connectivity index (χ1) is 14.1. The lowest BCUT2D eigenvalue weighted by Crippen LogP contribution is -2.52. The number of ether oxygens (including phenoxy) is 1. The summed E-state index contributed by atoms with van der Waals surface area (Å²) in [4.78, 5) is 34.8. The van der Waals surface area contributed by atoms with Crippen LogP contribution < -0.4 is 9.64 Å². The molecular formula is C22H28N4O3. The van der Waals surface area contributed by atoms with Crippen molar-refractivity contribution in [3.8, 4) is 5.75 Å². The van der Waals surface area contributed by atoms with E-state index in [0.717, 1.165) is 30.2 Å². The zero-order chi connectivity index (χ0) is 20.6. The van der Waals surface area contributed by atoms with E-state index in [1.807, 2.05) is 47.4 Å². The Morgan fingerprint density at radius 3 is 2.38 bits per heavy atom. The van der Waals surface area contributed by atoms with Gasteiger partial charge in [-0.2, -0.15) is 0 Å². The molecule has 2 amide bonds. The summed E-state index contributed by atoms with van der Waals surface area (Å²) >= 11 is 0. The SMILES string of the molecule is COc1ccc(CCN(CC(=O)N2CCN(c3ccccn3)CC2)C(C)=O)cc1. The van der Waals surface area contributed by atoms with Crippen LogP contribution in [0.4, 0.5) is 5.82 Å². The molecule has 0 spiro atoms. The molecule has 0 atom stereocenters. The number of aromatic nitrogens is 1. The smallest absolute Gasteiger partial charge is 0.242 e. The lowest BCUT2D eigenvalue weighted by atomic mass is 10.1. The van der Waals surface area contributed by atoms with Crippen molar-refractivity contribution < 1.29 is 14.3 Å². The monoisotopic (exact) mass is 396 g/mol. The summed E-state index contributed by atoms with van der Waals surface area (Å²) in [6, 6.07) is 13.6. The summed E-state index contributed by atoms with van der Waals surface area (Å²) in [5.74, 6) is 1.65. The standard InChI is InChI=1S/C22H28N4O3/c1-18(27)26(12-10-19-6-8-20(29-2)9-7-19)17-22(28)25-15-13-24(14-16-25)21-5-3-4-11-23-21/h3-9,11H,10,12-17H2,1-2H3. The number of carbonyl (C=O) groups excluding carboxylic acids is 2. The van der Waals surface area contributed by atoms with Crippen molar-refractivity contribution >= 4 is 17.6 Å². The largest absolute Gasteiger partial charge is 0.497 e. The molecule has 1 aliphatic heterocycles. The molecule has 7 nitrogen and oxygen atoms in total. The highest BCUT2D eigenvalue weighted by Crippen LogP contribution is 2.14. The average molecular weight is 396 g/mol. The Hall–Kier alpha value is -3.09. The number of methoxy groups -OCH3 is 1. The minimum absolute atomic E-state index is 0.00407. The van der Waals surface area contributed by atoms with Crippen molar-refractivity contribution in [2.75, 3.05) is 51.3 Å². The van der Waals surface area contributed by atoms with E-state index in [0.29, 0.717) is 26.1 Å². The van der Waals surface area contributed by atoms with Crippen molar-refractivity contribution in [1.82, 2.24) is 14.8 Å². The maximum atomic E-state index is 12.7. The van der Waals surface area contributed by atoms with Crippen LogP contribution in [0.1, 0.15) is 12.5 Å². The predicted octanol–water partition coefficient (Wildman–Crippen LogP) is 1.83. The van der Waals surface area contributed by atoms with Gasteiger partial charge in [-0.1, -0.05) is 18.2 Å². The Morgan fingerprint density at radius 1 is 1.07 bits per heavy atom. The number of hydrogen-bond acceptors (Lipinski definition) is 5. The van der Waals surface area contributed by atoms with E-state index < -0.39 is 0 Å². The molecule has 29 heavy (non-hydrogen) atoms. The fourth-order valence-electron chi connectivity index (χ4n) is 3.39. The van der Waals surface area contributed by atoms with E-state index in [9.17, 15) is 9.59 Å². The zero-order valence-corrected chi connectivity index (χ0v) is 17.1. The third-order valence-corrected chi connectivity index (χ3v) is 5.21. The van der Waals surface area contributed by atoms with Crippen LogP contribution in [0.5, 0.6) is 5.75 Å². The first-order valence-electron chi connectivity index (χ1n) is 9.89. The number of pyridine rings is 1. The summed E-state index contributed by atoms with van der Waals surface area (Å²) in [6.45, 7) is 4.92. The Balaban J connectivity index is 1.49. The van der Waals surface area contributed by atoms with Crippen LogP contribution >= 0.6 is 0 Å². The number of anilines is 1. The van der Waals surface area contributed by atoms with Crippen LogP contribution in [0.25, 0.3) is 0 Å². The molecule has 7 heteroatoms. The molecule has 1 saturated heterocycles. The van der Waals surface area contributed by atoms with E-state index in [-0.39, 0.29) is 18.4 Å². The second-order valence-corrected chi connectivity index (χ2v) is 7.09. The molecule has 1 aliphatic rings. The number of amides is 2. The van der Waals surface area contributed by atoms with Gasteiger partial charge in [0.25, 0.3) is 0 Å². The molecule has 0 radical (unpaired) electrons. The average Bonchev–Trinajstić information content (AvgIpc) is 2.77. The predicted molar refractivity (Wildman–Crippen MR) is 112 cm³/mol. The van der Waals surface area contributed by atoms with Crippen molar-refractivity contribution in [2.45, 2.75) is 13.3 Å². The summed E-state index contributed by atoms with van der Waals surface area (Å²) in [5.41, 5.74) is 1.11. The molecule has 3 rings (SSSR count). The number of nitrogens with zero attached hydrogens (tertiary/aromatic N) is 4. The lowest BCUT2D eigenvalue weighted by molar-refractivity contribution is -0.139. The van der Waals surface area contributed by atoms with E-state index >= 15 is 0 Å². The Labute approximate surface area is 171 Å². The maximum Gasteiger partial charge on any atom is 0.242 e. The van der Waals surface area contributed by atoms with Crippen molar-refractivity contribution in [3.63, 3.8) is 0 Å². The molecule has 154 valence electrons. The first-order valence-corrected chi connectivity index (χ1v) is 9.89. The number of piperazine rings is 1. The summed E-state index contributed by atoms with van der Waals surface area (Å²) in [5, 5.41) is 0. The highest BCUT2D eigenvalue weighted by molar-refractivity contribution is 5.84. The molecule has 0 aliphatic carbocycles. The molecule has 0 unspecified atom stereocenters. The number of carbonyl (C=O) groups is 2. The highest BCUT2D eigenvalue weighted by atomic mass is 16.5. The van der Waals surface area contributed by atoms with Gasteiger partial charge in [-0.05, 0) is 36.2 Å². The molecule has 0 saturated carbocycles. The van der Waals surface area contributed by atoms with Gasteiger partial charge in [0, 0.05) is 45.8 Å². The van der Waals surface area contributed by atoms with Crippen LogP contribution in [0.3, 0.4) is 0 Å². The van der Waals surface area contributed by atoms with Gasteiger partial charge in [-0.3, -0.25) is 9.59 Å². The minimum Gasteiger partial charge on any atom is -0.497 e. The topological polar surface area (TPSA) is 66.0 Å². The van der Waals surface area contributed by atoms with Crippen molar-refractivity contribution in [2.24, 2.45) is 0 Å². The Bertz CT molecular complexity index is 803. The van der Waals surface area contributed by atoms with Crippen LogP contribution in [0.2, 0.25) is 0 Å².